The van der Waals surface area contributed by atoms with E-state index in [0.29, 0.717) is 16.3 Å². The van der Waals surface area contributed by atoms with Gasteiger partial charge < -0.3 is 0 Å². The van der Waals surface area contributed by atoms with Crippen molar-refractivity contribution in [3.05, 3.63) is 112 Å². The highest BCUT2D eigenvalue weighted by atomic mass is 19.1. The minimum atomic E-state index is -0.569. The first-order valence-electron chi connectivity index (χ1n) is 9.24. The van der Waals surface area contributed by atoms with Crippen LogP contribution in [0, 0.1) is 5.82 Å². The Balaban J connectivity index is 1.67. The predicted molar refractivity (Wildman–Crippen MR) is 113 cm³/mol. The summed E-state index contributed by atoms with van der Waals surface area (Å²) in [6, 6.07) is 22.0. The van der Waals surface area contributed by atoms with Crippen LogP contribution in [0.5, 0.6) is 0 Å². The van der Waals surface area contributed by atoms with Crippen LogP contribution in [-0.2, 0) is 6.54 Å². The predicted octanol–water partition coefficient (Wildman–Crippen LogP) is 3.35. The molecule has 0 atom stereocenters. The van der Waals surface area contributed by atoms with Crippen molar-refractivity contribution < 1.29 is 9.18 Å². The minimum Gasteiger partial charge on any atom is -0.267 e. The summed E-state index contributed by atoms with van der Waals surface area (Å²) in [5, 5.41) is 9.00. The molecule has 0 aliphatic carbocycles. The first kappa shape index (κ1) is 19.2. The van der Waals surface area contributed by atoms with Crippen LogP contribution in [0.4, 0.5) is 4.39 Å². The molecule has 0 aliphatic rings. The van der Waals surface area contributed by atoms with Crippen LogP contribution in [0.1, 0.15) is 21.6 Å². The van der Waals surface area contributed by atoms with Gasteiger partial charge in [-0.15, -0.1) is 0 Å². The van der Waals surface area contributed by atoms with Crippen LogP contribution in [0.25, 0.3) is 10.8 Å². The molecule has 1 heterocycles. The molecule has 0 unspecified atom stereocenters. The molecule has 4 rings (SSSR count). The summed E-state index contributed by atoms with van der Waals surface area (Å²) in [4.78, 5) is 25.6. The highest BCUT2D eigenvalue weighted by Crippen LogP contribution is 2.14. The Kier molecular flexibility index (Phi) is 5.43. The molecule has 1 amide bonds. The highest BCUT2D eigenvalue weighted by molar-refractivity contribution is 6.04. The molecule has 0 aliphatic heterocycles. The molecule has 0 bridgehead atoms. The zero-order valence-corrected chi connectivity index (χ0v) is 15.8. The molecule has 1 aromatic heterocycles. The van der Waals surface area contributed by atoms with Crippen LogP contribution in [0.2, 0.25) is 0 Å². The van der Waals surface area contributed by atoms with E-state index in [-0.39, 0.29) is 17.8 Å². The molecule has 148 valence electrons. The summed E-state index contributed by atoms with van der Waals surface area (Å²) in [6.07, 6.45) is 1.34. The van der Waals surface area contributed by atoms with E-state index in [4.69, 9.17) is 0 Å². The van der Waals surface area contributed by atoms with Crippen molar-refractivity contribution in [2.45, 2.75) is 6.54 Å². The van der Waals surface area contributed by atoms with E-state index in [1.165, 1.54) is 23.0 Å². The third-order valence-electron chi connectivity index (χ3n) is 4.49. The SMILES string of the molecule is O=C(N/N=C\c1cccc(F)c1)c1nn(Cc2ccccc2)c(=O)c2ccccc12. The molecule has 30 heavy (non-hydrogen) atoms. The quantitative estimate of drug-likeness (QED) is 0.412. The van der Waals surface area contributed by atoms with Crippen molar-refractivity contribution in [2.24, 2.45) is 5.10 Å². The number of amides is 1. The summed E-state index contributed by atoms with van der Waals surface area (Å²) < 4.78 is 14.5. The van der Waals surface area contributed by atoms with Gasteiger partial charge in [-0.05, 0) is 29.3 Å². The number of carbonyl (C=O) groups excluding carboxylic acids is 1. The Bertz CT molecular complexity index is 1300. The van der Waals surface area contributed by atoms with Gasteiger partial charge >= 0.3 is 0 Å². The first-order chi connectivity index (χ1) is 14.6. The number of carbonyl (C=O) groups is 1. The lowest BCUT2D eigenvalue weighted by Crippen LogP contribution is -2.29. The molecule has 7 heteroatoms. The first-order valence-corrected chi connectivity index (χ1v) is 9.24. The number of nitrogens with zero attached hydrogens (tertiary/aromatic N) is 3. The Morgan fingerprint density at radius 1 is 1.00 bits per heavy atom. The lowest BCUT2D eigenvalue weighted by Gasteiger charge is -2.10. The summed E-state index contributed by atoms with van der Waals surface area (Å²) in [7, 11) is 0. The van der Waals surface area contributed by atoms with Gasteiger partial charge in [-0.1, -0.05) is 60.7 Å². The van der Waals surface area contributed by atoms with E-state index < -0.39 is 11.7 Å². The summed E-state index contributed by atoms with van der Waals surface area (Å²) >= 11 is 0. The van der Waals surface area contributed by atoms with Crippen LogP contribution >= 0.6 is 0 Å². The number of fused-ring (bicyclic) bond motifs is 1. The van der Waals surface area contributed by atoms with Crippen LogP contribution < -0.4 is 11.0 Å². The summed E-state index contributed by atoms with van der Waals surface area (Å²) in [5.41, 5.74) is 3.59. The summed E-state index contributed by atoms with van der Waals surface area (Å²) in [6.45, 7) is 0.233. The smallest absolute Gasteiger partial charge is 0.267 e. The Hall–Kier alpha value is -4.13. The molecule has 4 aromatic rings. The lowest BCUT2D eigenvalue weighted by molar-refractivity contribution is 0.0949. The van der Waals surface area contributed by atoms with E-state index >= 15 is 0 Å². The number of hydrogen-bond acceptors (Lipinski definition) is 4. The average molecular weight is 400 g/mol. The number of hydrazone groups is 1. The van der Waals surface area contributed by atoms with Crippen molar-refractivity contribution >= 4 is 22.9 Å². The third kappa shape index (κ3) is 4.15. The van der Waals surface area contributed by atoms with Crippen LogP contribution in [-0.4, -0.2) is 21.9 Å². The topological polar surface area (TPSA) is 76.3 Å². The van der Waals surface area contributed by atoms with Crippen molar-refractivity contribution in [1.29, 1.82) is 0 Å². The number of rotatable bonds is 5. The van der Waals surface area contributed by atoms with Crippen molar-refractivity contribution in [3.8, 4) is 0 Å². The van der Waals surface area contributed by atoms with Crippen molar-refractivity contribution in [3.63, 3.8) is 0 Å². The minimum absolute atomic E-state index is 0.0810. The van der Waals surface area contributed by atoms with Gasteiger partial charge in [0, 0.05) is 5.39 Å². The molecule has 3 aromatic carbocycles. The van der Waals surface area contributed by atoms with E-state index in [1.54, 1.807) is 36.4 Å². The fraction of sp³-hybridized carbons (Fsp3) is 0.0435. The van der Waals surface area contributed by atoms with Gasteiger partial charge in [0.05, 0.1) is 18.1 Å². The second-order valence-corrected chi connectivity index (χ2v) is 6.60. The van der Waals surface area contributed by atoms with Gasteiger partial charge in [0.1, 0.15) is 5.82 Å². The van der Waals surface area contributed by atoms with Gasteiger partial charge in [-0.2, -0.15) is 10.2 Å². The molecular formula is C23H17FN4O2. The zero-order valence-electron chi connectivity index (χ0n) is 15.8. The number of benzene rings is 3. The third-order valence-corrected chi connectivity index (χ3v) is 4.49. The normalized spacial score (nSPS) is 11.1. The van der Waals surface area contributed by atoms with Gasteiger partial charge in [0.25, 0.3) is 11.5 Å². The Morgan fingerprint density at radius 2 is 1.73 bits per heavy atom. The van der Waals surface area contributed by atoms with E-state index in [1.807, 2.05) is 30.3 Å². The highest BCUT2D eigenvalue weighted by Gasteiger charge is 2.16. The fourth-order valence-corrected chi connectivity index (χ4v) is 3.07. The maximum absolute atomic E-state index is 13.3. The van der Waals surface area contributed by atoms with Gasteiger partial charge in [0.2, 0.25) is 0 Å². The standard InChI is InChI=1S/C23H17FN4O2/c24-18-10-6-9-17(13-18)14-25-26-22(29)21-19-11-4-5-12-20(19)23(30)28(27-21)15-16-7-2-1-3-8-16/h1-14H,15H2,(H,26,29)/b25-14-. The number of nitrogens with one attached hydrogen (secondary N) is 1. The van der Waals surface area contributed by atoms with Gasteiger partial charge in [-0.3, -0.25) is 9.59 Å². The molecule has 0 radical (unpaired) electrons. The maximum atomic E-state index is 13.3. The zero-order chi connectivity index (χ0) is 20.9. The largest absolute Gasteiger partial charge is 0.292 e. The molecular weight excluding hydrogens is 383 g/mol. The number of aromatic nitrogens is 2. The number of hydrogen-bond donors (Lipinski definition) is 1. The van der Waals surface area contributed by atoms with Gasteiger partial charge in [0.15, 0.2) is 5.69 Å². The van der Waals surface area contributed by atoms with E-state index in [0.717, 1.165) is 5.56 Å². The van der Waals surface area contributed by atoms with Crippen LogP contribution in [0.3, 0.4) is 0 Å². The molecule has 0 fully saturated rings. The van der Waals surface area contributed by atoms with E-state index in [9.17, 15) is 14.0 Å². The second kappa shape index (κ2) is 8.48. The molecule has 0 saturated heterocycles. The van der Waals surface area contributed by atoms with E-state index in [2.05, 4.69) is 15.6 Å². The molecule has 6 nitrogen and oxygen atoms in total. The monoisotopic (exact) mass is 400 g/mol. The lowest BCUT2D eigenvalue weighted by atomic mass is 10.1. The van der Waals surface area contributed by atoms with Crippen LogP contribution in [0.15, 0.2) is 88.8 Å². The molecule has 1 N–H and O–H groups in total. The van der Waals surface area contributed by atoms with Crippen molar-refractivity contribution in [2.75, 3.05) is 0 Å². The Labute approximate surface area is 171 Å². The summed E-state index contributed by atoms with van der Waals surface area (Å²) in [5.74, 6) is -0.966. The fourth-order valence-electron chi connectivity index (χ4n) is 3.07. The van der Waals surface area contributed by atoms with Crippen molar-refractivity contribution in [1.82, 2.24) is 15.2 Å². The maximum Gasteiger partial charge on any atom is 0.292 e. The number of halogens is 1. The molecule has 0 saturated carbocycles. The Morgan fingerprint density at radius 3 is 2.50 bits per heavy atom. The second-order valence-electron chi connectivity index (χ2n) is 6.60. The van der Waals surface area contributed by atoms with Gasteiger partial charge in [-0.25, -0.2) is 14.5 Å². The average Bonchev–Trinajstić information content (AvgIpc) is 2.76. The molecule has 0 spiro atoms.